The van der Waals surface area contributed by atoms with Crippen LogP contribution in [0.1, 0.15) is 24.8 Å². The molecule has 0 saturated heterocycles. The van der Waals surface area contributed by atoms with Crippen molar-refractivity contribution in [1.82, 2.24) is 10.3 Å². The lowest BCUT2D eigenvalue weighted by molar-refractivity contribution is -0.144. The van der Waals surface area contributed by atoms with Gasteiger partial charge in [0.15, 0.2) is 0 Å². The third-order valence-electron chi connectivity index (χ3n) is 2.89. The molecule has 1 amide bonds. The molecule has 0 bridgehead atoms. The Morgan fingerprint density at radius 1 is 1.29 bits per heavy atom. The fraction of sp³-hybridized carbons (Fsp3) is 0.429. The van der Waals surface area contributed by atoms with Crippen molar-refractivity contribution < 1.29 is 24.2 Å². The lowest BCUT2D eigenvalue weighted by Gasteiger charge is -2.13. The number of ether oxygens (including phenoxy) is 1. The molecule has 1 heterocycles. The highest BCUT2D eigenvalue weighted by Crippen LogP contribution is 2.03. The first kappa shape index (κ1) is 16.6. The summed E-state index contributed by atoms with van der Waals surface area (Å²) in [5.74, 6) is -2.05. The van der Waals surface area contributed by atoms with Crippen LogP contribution in [-0.4, -0.2) is 41.1 Å². The minimum atomic E-state index is -1.17. The van der Waals surface area contributed by atoms with Crippen LogP contribution in [0.25, 0.3) is 0 Å². The zero-order chi connectivity index (χ0) is 15.7. The van der Waals surface area contributed by atoms with Crippen LogP contribution in [0.5, 0.6) is 0 Å². The molecule has 0 unspecified atom stereocenters. The maximum atomic E-state index is 11.7. The highest BCUT2D eigenvalue weighted by Gasteiger charge is 2.20. The van der Waals surface area contributed by atoms with Gasteiger partial charge in [0.25, 0.3) is 0 Å². The second-order valence-electron chi connectivity index (χ2n) is 4.43. The molecule has 0 aliphatic heterocycles. The normalized spacial score (nSPS) is 11.5. The van der Waals surface area contributed by atoms with Gasteiger partial charge in [0, 0.05) is 25.2 Å². The molecule has 1 aromatic rings. The molecule has 1 rings (SSSR count). The molecule has 1 aromatic heterocycles. The number of nitrogens with zero attached hydrogens (tertiary/aromatic N) is 1. The van der Waals surface area contributed by atoms with Crippen LogP contribution >= 0.6 is 0 Å². The number of carbonyl (C=O) groups excluding carboxylic acids is 2. The molecular formula is C14H18N2O5. The molecule has 0 saturated carbocycles. The Hall–Kier alpha value is -2.44. The number of aliphatic carboxylic acids is 1. The van der Waals surface area contributed by atoms with Gasteiger partial charge < -0.3 is 15.2 Å². The monoisotopic (exact) mass is 294 g/mol. The van der Waals surface area contributed by atoms with Crippen molar-refractivity contribution in [3.8, 4) is 0 Å². The van der Waals surface area contributed by atoms with Crippen LogP contribution in [-0.2, 0) is 25.5 Å². The summed E-state index contributed by atoms with van der Waals surface area (Å²) in [5.41, 5.74) is 0.946. The third kappa shape index (κ3) is 6.51. The standard InChI is InChI=1S/C14H18N2O5/c1-21-13(18)5-3-11(14(19)20)16-12(17)4-2-10-6-8-15-9-7-10/h6-9,11H,2-5H2,1H3,(H,16,17)(H,19,20)/t11-/m0/s1. The largest absolute Gasteiger partial charge is 0.480 e. The number of hydrogen-bond acceptors (Lipinski definition) is 5. The molecule has 7 nitrogen and oxygen atoms in total. The number of aromatic nitrogens is 1. The second kappa shape index (κ2) is 8.68. The van der Waals surface area contributed by atoms with E-state index in [1.165, 1.54) is 7.11 Å². The first-order chi connectivity index (χ1) is 10.0. The molecule has 0 fully saturated rings. The predicted molar refractivity (Wildman–Crippen MR) is 73.4 cm³/mol. The van der Waals surface area contributed by atoms with Gasteiger partial charge in [-0.05, 0) is 30.5 Å². The summed E-state index contributed by atoms with van der Waals surface area (Å²) in [6, 6.07) is 2.49. The number of nitrogens with one attached hydrogen (secondary N) is 1. The topological polar surface area (TPSA) is 106 Å². The van der Waals surface area contributed by atoms with Crippen LogP contribution in [0.2, 0.25) is 0 Å². The zero-order valence-electron chi connectivity index (χ0n) is 11.7. The lowest BCUT2D eigenvalue weighted by Crippen LogP contribution is -2.41. The highest BCUT2D eigenvalue weighted by atomic mass is 16.5. The Balaban J connectivity index is 2.41. The summed E-state index contributed by atoms with van der Waals surface area (Å²) in [5, 5.41) is 11.4. The maximum absolute atomic E-state index is 11.7. The van der Waals surface area contributed by atoms with E-state index < -0.39 is 18.0 Å². The molecule has 114 valence electrons. The number of pyridine rings is 1. The van der Waals surface area contributed by atoms with E-state index in [4.69, 9.17) is 5.11 Å². The van der Waals surface area contributed by atoms with E-state index in [1.54, 1.807) is 24.5 Å². The molecule has 1 atom stereocenters. The molecule has 0 spiro atoms. The molecule has 2 N–H and O–H groups in total. The zero-order valence-corrected chi connectivity index (χ0v) is 11.7. The number of carboxylic acids is 1. The van der Waals surface area contributed by atoms with Crippen LogP contribution in [0.3, 0.4) is 0 Å². The van der Waals surface area contributed by atoms with E-state index in [9.17, 15) is 14.4 Å². The fourth-order valence-electron chi connectivity index (χ4n) is 1.70. The van der Waals surface area contributed by atoms with Crippen molar-refractivity contribution in [2.24, 2.45) is 0 Å². The van der Waals surface area contributed by atoms with Crippen LogP contribution in [0, 0.1) is 0 Å². The molecule has 0 aliphatic carbocycles. The summed E-state index contributed by atoms with van der Waals surface area (Å²) >= 11 is 0. The van der Waals surface area contributed by atoms with Crippen molar-refractivity contribution in [2.45, 2.75) is 31.7 Å². The number of rotatable bonds is 8. The maximum Gasteiger partial charge on any atom is 0.326 e. The van der Waals surface area contributed by atoms with Crippen molar-refractivity contribution in [3.05, 3.63) is 30.1 Å². The minimum absolute atomic E-state index is 0.00298. The first-order valence-electron chi connectivity index (χ1n) is 6.51. The van der Waals surface area contributed by atoms with Crippen LogP contribution < -0.4 is 5.32 Å². The number of carbonyl (C=O) groups is 3. The van der Waals surface area contributed by atoms with Gasteiger partial charge in [-0.2, -0.15) is 0 Å². The number of aryl methyl sites for hydroxylation is 1. The number of hydrogen-bond donors (Lipinski definition) is 2. The molecule has 0 aliphatic rings. The number of esters is 1. The van der Waals surface area contributed by atoms with E-state index in [0.29, 0.717) is 6.42 Å². The van der Waals surface area contributed by atoms with Crippen molar-refractivity contribution >= 4 is 17.8 Å². The van der Waals surface area contributed by atoms with Gasteiger partial charge in [-0.25, -0.2) is 4.79 Å². The van der Waals surface area contributed by atoms with Crippen LogP contribution in [0.4, 0.5) is 0 Å². The van der Waals surface area contributed by atoms with Crippen molar-refractivity contribution in [3.63, 3.8) is 0 Å². The quantitative estimate of drug-likeness (QED) is 0.678. The summed E-state index contributed by atoms with van der Waals surface area (Å²) in [7, 11) is 1.23. The average Bonchev–Trinajstić information content (AvgIpc) is 2.49. The second-order valence-corrected chi connectivity index (χ2v) is 4.43. The van der Waals surface area contributed by atoms with E-state index >= 15 is 0 Å². The number of methoxy groups -OCH3 is 1. The predicted octanol–water partition coefficient (Wildman–Crippen LogP) is 0.537. The molecule has 0 aromatic carbocycles. The third-order valence-corrected chi connectivity index (χ3v) is 2.89. The molecule has 7 heteroatoms. The summed E-state index contributed by atoms with van der Waals surface area (Å²) in [4.78, 5) is 37.6. The average molecular weight is 294 g/mol. The van der Waals surface area contributed by atoms with E-state index in [-0.39, 0.29) is 25.2 Å². The van der Waals surface area contributed by atoms with E-state index in [2.05, 4.69) is 15.0 Å². The van der Waals surface area contributed by atoms with Gasteiger partial charge >= 0.3 is 11.9 Å². The molecular weight excluding hydrogens is 276 g/mol. The SMILES string of the molecule is COC(=O)CC[C@H](NC(=O)CCc1ccncc1)C(=O)O. The van der Waals surface area contributed by atoms with Gasteiger partial charge in [0.05, 0.1) is 7.11 Å². The van der Waals surface area contributed by atoms with Crippen LogP contribution in [0.15, 0.2) is 24.5 Å². The van der Waals surface area contributed by atoms with Gasteiger partial charge in [0.2, 0.25) is 5.91 Å². The van der Waals surface area contributed by atoms with Gasteiger partial charge in [-0.15, -0.1) is 0 Å². The van der Waals surface area contributed by atoms with Crippen molar-refractivity contribution in [2.75, 3.05) is 7.11 Å². The Kier molecular flexibility index (Phi) is 6.86. The Bertz CT molecular complexity index is 489. The Morgan fingerprint density at radius 3 is 2.52 bits per heavy atom. The van der Waals surface area contributed by atoms with Crippen molar-refractivity contribution in [1.29, 1.82) is 0 Å². The highest BCUT2D eigenvalue weighted by molar-refractivity contribution is 5.84. The lowest BCUT2D eigenvalue weighted by atomic mass is 10.1. The summed E-state index contributed by atoms with van der Waals surface area (Å²) in [6.07, 6.45) is 3.87. The molecule has 21 heavy (non-hydrogen) atoms. The minimum Gasteiger partial charge on any atom is -0.480 e. The Labute approximate surface area is 122 Å². The Morgan fingerprint density at radius 2 is 1.95 bits per heavy atom. The van der Waals surface area contributed by atoms with E-state index in [1.807, 2.05) is 0 Å². The van der Waals surface area contributed by atoms with Gasteiger partial charge in [-0.3, -0.25) is 14.6 Å². The number of carboxylic acid groups (broad SMARTS) is 1. The van der Waals surface area contributed by atoms with E-state index in [0.717, 1.165) is 5.56 Å². The van der Waals surface area contributed by atoms with Gasteiger partial charge in [0.1, 0.15) is 6.04 Å². The first-order valence-corrected chi connectivity index (χ1v) is 6.51. The smallest absolute Gasteiger partial charge is 0.326 e. The fourth-order valence-corrected chi connectivity index (χ4v) is 1.70. The van der Waals surface area contributed by atoms with Gasteiger partial charge in [-0.1, -0.05) is 0 Å². The number of amides is 1. The summed E-state index contributed by atoms with van der Waals surface area (Å²) < 4.78 is 4.44. The summed E-state index contributed by atoms with van der Waals surface area (Å²) in [6.45, 7) is 0. The molecule has 0 radical (unpaired) electrons.